The molecule has 2 aromatic carbocycles. The number of sulfonamides is 1. The van der Waals surface area contributed by atoms with Crippen LogP contribution in [0.3, 0.4) is 0 Å². The van der Waals surface area contributed by atoms with E-state index in [0.29, 0.717) is 37.6 Å². The zero-order chi connectivity index (χ0) is 22.4. The molecular weight excluding hydrogens is 426 g/mol. The first-order valence-electron chi connectivity index (χ1n) is 11.3. The van der Waals surface area contributed by atoms with Crippen molar-refractivity contribution in [3.63, 3.8) is 0 Å². The van der Waals surface area contributed by atoms with Gasteiger partial charge in [-0.05, 0) is 80.7 Å². The van der Waals surface area contributed by atoms with Crippen LogP contribution in [0, 0.1) is 0 Å². The van der Waals surface area contributed by atoms with Crippen molar-refractivity contribution >= 4 is 15.9 Å². The second-order valence-electron chi connectivity index (χ2n) is 8.37. The monoisotopic (exact) mass is 457 g/mol. The molecule has 7 nitrogen and oxygen atoms in total. The van der Waals surface area contributed by atoms with Crippen LogP contribution in [-0.2, 0) is 16.6 Å². The van der Waals surface area contributed by atoms with Gasteiger partial charge in [0.1, 0.15) is 12.4 Å². The van der Waals surface area contributed by atoms with Gasteiger partial charge in [-0.1, -0.05) is 12.1 Å². The molecule has 8 heteroatoms. The lowest BCUT2D eigenvalue weighted by Crippen LogP contribution is -2.28. The van der Waals surface area contributed by atoms with Gasteiger partial charge in [0, 0.05) is 25.2 Å². The van der Waals surface area contributed by atoms with Crippen LogP contribution in [0.1, 0.15) is 41.6 Å². The third-order valence-corrected chi connectivity index (χ3v) is 7.92. The first-order valence-corrected chi connectivity index (χ1v) is 12.8. The van der Waals surface area contributed by atoms with Crippen molar-refractivity contribution < 1.29 is 17.9 Å². The average molecular weight is 458 g/mol. The molecule has 2 fully saturated rings. The maximum absolute atomic E-state index is 12.6. The number of hydrogen-bond acceptors (Lipinski definition) is 5. The Kier molecular flexibility index (Phi) is 7.44. The number of carbonyl (C=O) groups excluding carboxylic acids is 1. The lowest BCUT2D eigenvalue weighted by molar-refractivity contribution is 0.0947. The Labute approximate surface area is 190 Å². The molecule has 0 atom stereocenters. The molecule has 4 rings (SSSR count). The highest BCUT2D eigenvalue weighted by molar-refractivity contribution is 7.89. The minimum absolute atomic E-state index is 0.131. The van der Waals surface area contributed by atoms with Crippen molar-refractivity contribution in [2.45, 2.75) is 37.1 Å². The van der Waals surface area contributed by atoms with Gasteiger partial charge in [0.15, 0.2) is 0 Å². The number of benzene rings is 2. The van der Waals surface area contributed by atoms with E-state index < -0.39 is 10.0 Å². The van der Waals surface area contributed by atoms with Gasteiger partial charge < -0.3 is 10.1 Å². The number of rotatable bonds is 9. The SMILES string of the molecule is O=C(NCCOc1ccc(S(=O)(=O)N2CCCC2)cc1)c1ccc(CN2CCCC2)cc1. The number of nitrogens with zero attached hydrogens (tertiary/aromatic N) is 2. The first-order chi connectivity index (χ1) is 15.5. The molecule has 32 heavy (non-hydrogen) atoms. The highest BCUT2D eigenvalue weighted by atomic mass is 32.2. The summed E-state index contributed by atoms with van der Waals surface area (Å²) in [5, 5.41) is 2.86. The summed E-state index contributed by atoms with van der Waals surface area (Å²) in [6, 6.07) is 14.2. The molecule has 0 unspecified atom stereocenters. The van der Waals surface area contributed by atoms with E-state index in [9.17, 15) is 13.2 Å². The Morgan fingerprint density at radius 1 is 0.875 bits per heavy atom. The Bertz CT molecular complexity index is 995. The van der Waals surface area contributed by atoms with E-state index in [1.54, 1.807) is 24.3 Å². The normalized spacial score (nSPS) is 17.5. The van der Waals surface area contributed by atoms with E-state index in [1.165, 1.54) is 22.7 Å². The second kappa shape index (κ2) is 10.5. The van der Waals surface area contributed by atoms with Gasteiger partial charge in [-0.25, -0.2) is 8.42 Å². The van der Waals surface area contributed by atoms with Crippen LogP contribution in [0.15, 0.2) is 53.4 Å². The van der Waals surface area contributed by atoms with Crippen molar-refractivity contribution in [2.24, 2.45) is 0 Å². The minimum atomic E-state index is -3.41. The largest absolute Gasteiger partial charge is 0.492 e. The van der Waals surface area contributed by atoms with Crippen LogP contribution in [0.5, 0.6) is 5.75 Å². The molecule has 2 aliphatic heterocycles. The molecule has 0 aliphatic carbocycles. The summed E-state index contributed by atoms with van der Waals surface area (Å²) < 4.78 is 32.3. The van der Waals surface area contributed by atoms with Crippen LogP contribution >= 0.6 is 0 Å². The Morgan fingerprint density at radius 3 is 2.16 bits per heavy atom. The van der Waals surface area contributed by atoms with Gasteiger partial charge in [0.2, 0.25) is 10.0 Å². The average Bonchev–Trinajstić information content (AvgIpc) is 3.52. The first kappa shape index (κ1) is 22.8. The summed E-state index contributed by atoms with van der Waals surface area (Å²) in [4.78, 5) is 15.1. The number of nitrogens with one attached hydrogen (secondary N) is 1. The fourth-order valence-electron chi connectivity index (χ4n) is 4.18. The van der Waals surface area contributed by atoms with Gasteiger partial charge in [-0.3, -0.25) is 9.69 Å². The number of amides is 1. The van der Waals surface area contributed by atoms with Crippen molar-refractivity contribution in [3.05, 3.63) is 59.7 Å². The second-order valence-corrected chi connectivity index (χ2v) is 10.3. The Morgan fingerprint density at radius 2 is 1.50 bits per heavy atom. The predicted octanol–water partition coefficient (Wildman–Crippen LogP) is 2.88. The fourth-order valence-corrected chi connectivity index (χ4v) is 5.70. The molecule has 0 saturated carbocycles. The smallest absolute Gasteiger partial charge is 0.251 e. The van der Waals surface area contributed by atoms with Gasteiger partial charge in [0.25, 0.3) is 5.91 Å². The van der Waals surface area contributed by atoms with E-state index in [2.05, 4.69) is 10.2 Å². The molecule has 0 aromatic heterocycles. The molecule has 172 valence electrons. The van der Waals surface area contributed by atoms with Gasteiger partial charge in [-0.2, -0.15) is 4.31 Å². The van der Waals surface area contributed by atoms with Crippen LogP contribution in [0.4, 0.5) is 0 Å². The summed E-state index contributed by atoms with van der Waals surface area (Å²) in [6.07, 6.45) is 4.36. The van der Waals surface area contributed by atoms with Gasteiger partial charge in [0.05, 0.1) is 11.4 Å². The predicted molar refractivity (Wildman–Crippen MR) is 123 cm³/mol. The molecule has 2 aliphatic rings. The highest BCUT2D eigenvalue weighted by Gasteiger charge is 2.26. The van der Waals surface area contributed by atoms with E-state index in [0.717, 1.165) is 32.5 Å². The maximum Gasteiger partial charge on any atom is 0.251 e. The molecule has 2 saturated heterocycles. The number of likely N-dealkylation sites (tertiary alicyclic amines) is 1. The molecule has 1 amide bonds. The lowest BCUT2D eigenvalue weighted by Gasteiger charge is -2.15. The topological polar surface area (TPSA) is 78.9 Å². The van der Waals surface area contributed by atoms with Crippen molar-refractivity contribution in [2.75, 3.05) is 39.3 Å². The lowest BCUT2D eigenvalue weighted by atomic mass is 10.1. The summed E-state index contributed by atoms with van der Waals surface area (Å²) >= 11 is 0. The van der Waals surface area contributed by atoms with E-state index in [4.69, 9.17) is 4.74 Å². The number of carbonyl (C=O) groups is 1. The Hall–Kier alpha value is -2.42. The van der Waals surface area contributed by atoms with Gasteiger partial charge >= 0.3 is 0 Å². The molecule has 2 aromatic rings. The zero-order valence-electron chi connectivity index (χ0n) is 18.3. The molecule has 0 radical (unpaired) electrons. The summed E-state index contributed by atoms with van der Waals surface area (Å²) in [5.74, 6) is 0.444. The molecule has 0 bridgehead atoms. The molecule has 1 N–H and O–H groups in total. The Balaban J connectivity index is 1.20. The minimum Gasteiger partial charge on any atom is -0.492 e. The zero-order valence-corrected chi connectivity index (χ0v) is 19.1. The quantitative estimate of drug-likeness (QED) is 0.586. The number of ether oxygens (including phenoxy) is 1. The van der Waals surface area contributed by atoms with E-state index in [-0.39, 0.29) is 10.8 Å². The fraction of sp³-hybridized carbons (Fsp3) is 0.458. The van der Waals surface area contributed by atoms with Crippen molar-refractivity contribution in [1.82, 2.24) is 14.5 Å². The third kappa shape index (κ3) is 5.68. The summed E-state index contributed by atoms with van der Waals surface area (Å²) in [5.41, 5.74) is 1.86. The molecular formula is C24H31N3O4S. The van der Waals surface area contributed by atoms with Crippen LogP contribution < -0.4 is 10.1 Å². The van der Waals surface area contributed by atoms with Crippen LogP contribution in [-0.4, -0.2) is 62.9 Å². The van der Waals surface area contributed by atoms with Crippen molar-refractivity contribution in [3.8, 4) is 5.75 Å². The highest BCUT2D eigenvalue weighted by Crippen LogP contribution is 2.23. The summed E-state index contributed by atoms with van der Waals surface area (Å²) in [7, 11) is -3.41. The van der Waals surface area contributed by atoms with E-state index in [1.807, 2.05) is 24.3 Å². The molecule has 0 spiro atoms. The van der Waals surface area contributed by atoms with Crippen LogP contribution in [0.2, 0.25) is 0 Å². The maximum atomic E-state index is 12.6. The van der Waals surface area contributed by atoms with Crippen molar-refractivity contribution in [1.29, 1.82) is 0 Å². The standard InChI is InChI=1S/C24H31N3O4S/c28-24(21-7-5-20(6-8-21)19-26-14-1-2-15-26)25-13-18-31-22-9-11-23(12-10-22)32(29,30)27-16-3-4-17-27/h5-12H,1-4,13-19H2,(H,25,28). The van der Waals surface area contributed by atoms with E-state index >= 15 is 0 Å². The third-order valence-electron chi connectivity index (χ3n) is 6.00. The number of hydrogen-bond donors (Lipinski definition) is 1. The molecule has 2 heterocycles. The van der Waals surface area contributed by atoms with Gasteiger partial charge in [-0.15, -0.1) is 0 Å². The van der Waals surface area contributed by atoms with Crippen LogP contribution in [0.25, 0.3) is 0 Å². The summed E-state index contributed by atoms with van der Waals surface area (Å²) in [6.45, 7) is 5.08.